The van der Waals surface area contributed by atoms with Gasteiger partial charge in [0.2, 0.25) is 0 Å². The van der Waals surface area contributed by atoms with Crippen LogP contribution in [0.2, 0.25) is 10.2 Å². The zero-order valence-electron chi connectivity index (χ0n) is 10.8. The number of nitrogens with zero attached hydrogens (tertiary/aromatic N) is 1. The van der Waals surface area contributed by atoms with Gasteiger partial charge in [0, 0.05) is 13.2 Å². The van der Waals surface area contributed by atoms with Crippen molar-refractivity contribution in [3.63, 3.8) is 0 Å². The second kappa shape index (κ2) is 8.35. The molecule has 1 aromatic rings. The van der Waals surface area contributed by atoms with Crippen molar-refractivity contribution >= 4 is 29.1 Å². The average Bonchev–Trinajstić information content (AvgIpc) is 2.39. The molecule has 2 N–H and O–H groups in total. The summed E-state index contributed by atoms with van der Waals surface area (Å²) < 4.78 is 0. The number of nitrogens with one attached hydrogen (secondary N) is 1. The van der Waals surface area contributed by atoms with Crippen LogP contribution in [-0.4, -0.2) is 29.1 Å². The SMILES string of the molecule is CCCC(CCO)CNC(=O)c1nc(Cl)ccc1Cl. The Morgan fingerprint density at radius 3 is 2.79 bits per heavy atom. The molecule has 0 saturated heterocycles. The topological polar surface area (TPSA) is 62.2 Å². The number of aliphatic hydroxyl groups is 1. The van der Waals surface area contributed by atoms with Crippen LogP contribution in [0.1, 0.15) is 36.7 Å². The Morgan fingerprint density at radius 2 is 2.16 bits per heavy atom. The number of amides is 1. The minimum Gasteiger partial charge on any atom is -0.396 e. The molecule has 0 radical (unpaired) electrons. The highest BCUT2D eigenvalue weighted by Gasteiger charge is 2.15. The highest BCUT2D eigenvalue weighted by Crippen LogP contribution is 2.17. The van der Waals surface area contributed by atoms with Gasteiger partial charge in [0.15, 0.2) is 0 Å². The fourth-order valence-corrected chi connectivity index (χ4v) is 2.18. The van der Waals surface area contributed by atoms with E-state index in [4.69, 9.17) is 28.3 Å². The van der Waals surface area contributed by atoms with Crippen LogP contribution in [0.5, 0.6) is 0 Å². The normalized spacial score (nSPS) is 12.2. The summed E-state index contributed by atoms with van der Waals surface area (Å²) in [6.07, 6.45) is 2.64. The molecule has 0 bridgehead atoms. The average molecular weight is 305 g/mol. The van der Waals surface area contributed by atoms with E-state index in [0.717, 1.165) is 12.8 Å². The number of rotatable bonds is 7. The van der Waals surface area contributed by atoms with Crippen LogP contribution in [0.25, 0.3) is 0 Å². The van der Waals surface area contributed by atoms with Gasteiger partial charge >= 0.3 is 0 Å². The van der Waals surface area contributed by atoms with Crippen molar-refractivity contribution in [1.82, 2.24) is 10.3 Å². The van der Waals surface area contributed by atoms with Crippen LogP contribution in [0.4, 0.5) is 0 Å². The minimum atomic E-state index is -0.341. The lowest BCUT2D eigenvalue weighted by atomic mass is 10.0. The number of aliphatic hydroxyl groups excluding tert-OH is 1. The van der Waals surface area contributed by atoms with Gasteiger partial charge in [-0.1, -0.05) is 36.5 Å². The summed E-state index contributed by atoms with van der Waals surface area (Å²) in [7, 11) is 0. The van der Waals surface area contributed by atoms with E-state index in [0.29, 0.717) is 13.0 Å². The van der Waals surface area contributed by atoms with E-state index in [1.165, 1.54) is 6.07 Å². The first-order chi connectivity index (χ1) is 9.08. The molecule has 1 heterocycles. The Hall–Kier alpha value is -0.840. The summed E-state index contributed by atoms with van der Waals surface area (Å²) in [4.78, 5) is 15.9. The summed E-state index contributed by atoms with van der Waals surface area (Å²) in [6.45, 7) is 2.69. The molecule has 19 heavy (non-hydrogen) atoms. The van der Waals surface area contributed by atoms with E-state index in [1.54, 1.807) is 6.07 Å². The highest BCUT2D eigenvalue weighted by molar-refractivity contribution is 6.34. The van der Waals surface area contributed by atoms with Crippen LogP contribution >= 0.6 is 23.2 Å². The lowest BCUT2D eigenvalue weighted by Crippen LogP contribution is -2.30. The van der Waals surface area contributed by atoms with Crippen LogP contribution in [0, 0.1) is 5.92 Å². The third kappa shape index (κ3) is 5.35. The van der Waals surface area contributed by atoms with Gasteiger partial charge in [0.1, 0.15) is 10.8 Å². The first-order valence-electron chi connectivity index (χ1n) is 6.29. The number of halogens is 2. The number of hydrogen-bond acceptors (Lipinski definition) is 3. The molecule has 1 amide bonds. The molecule has 0 spiro atoms. The molecular weight excluding hydrogens is 287 g/mol. The predicted molar refractivity (Wildman–Crippen MR) is 76.7 cm³/mol. The maximum atomic E-state index is 12.0. The summed E-state index contributed by atoms with van der Waals surface area (Å²) >= 11 is 11.6. The van der Waals surface area contributed by atoms with Gasteiger partial charge in [-0.05, 0) is 30.9 Å². The van der Waals surface area contributed by atoms with Gasteiger partial charge in [-0.2, -0.15) is 0 Å². The molecule has 0 aliphatic carbocycles. The Labute approximate surface area is 123 Å². The molecular formula is C13H18Cl2N2O2. The Kier molecular flexibility index (Phi) is 7.13. The minimum absolute atomic E-state index is 0.122. The molecule has 1 aromatic heterocycles. The van der Waals surface area contributed by atoms with Crippen LogP contribution < -0.4 is 5.32 Å². The van der Waals surface area contributed by atoms with Gasteiger partial charge in [-0.3, -0.25) is 4.79 Å². The summed E-state index contributed by atoms with van der Waals surface area (Å²) in [5, 5.41) is 12.2. The van der Waals surface area contributed by atoms with Crippen LogP contribution in [-0.2, 0) is 0 Å². The summed E-state index contributed by atoms with van der Waals surface area (Å²) in [5.41, 5.74) is 0.133. The zero-order chi connectivity index (χ0) is 14.3. The highest BCUT2D eigenvalue weighted by atomic mass is 35.5. The van der Waals surface area contributed by atoms with Crippen molar-refractivity contribution in [2.45, 2.75) is 26.2 Å². The Bertz CT molecular complexity index is 421. The number of pyridine rings is 1. The first kappa shape index (κ1) is 16.2. The molecule has 1 unspecified atom stereocenters. The molecule has 0 aliphatic heterocycles. The van der Waals surface area contributed by atoms with Crippen molar-refractivity contribution in [2.24, 2.45) is 5.92 Å². The lowest BCUT2D eigenvalue weighted by Gasteiger charge is -2.15. The Morgan fingerprint density at radius 1 is 1.42 bits per heavy atom. The largest absolute Gasteiger partial charge is 0.396 e. The third-order valence-electron chi connectivity index (χ3n) is 2.81. The van der Waals surface area contributed by atoms with E-state index < -0.39 is 0 Å². The van der Waals surface area contributed by atoms with Gasteiger partial charge in [0.05, 0.1) is 5.02 Å². The van der Waals surface area contributed by atoms with Crippen molar-refractivity contribution in [1.29, 1.82) is 0 Å². The fraction of sp³-hybridized carbons (Fsp3) is 0.538. The maximum absolute atomic E-state index is 12.0. The second-order valence-corrected chi connectivity index (χ2v) is 5.14. The monoisotopic (exact) mass is 304 g/mol. The van der Waals surface area contributed by atoms with Gasteiger partial charge < -0.3 is 10.4 Å². The number of hydrogen-bond donors (Lipinski definition) is 2. The van der Waals surface area contributed by atoms with E-state index in [-0.39, 0.29) is 34.3 Å². The third-order valence-corrected chi connectivity index (χ3v) is 3.33. The molecule has 1 rings (SSSR count). The molecule has 6 heteroatoms. The molecule has 1 atom stereocenters. The van der Waals surface area contributed by atoms with E-state index in [1.807, 2.05) is 0 Å². The van der Waals surface area contributed by atoms with E-state index in [9.17, 15) is 4.79 Å². The van der Waals surface area contributed by atoms with Gasteiger partial charge in [-0.25, -0.2) is 4.98 Å². The first-order valence-corrected chi connectivity index (χ1v) is 7.05. The van der Waals surface area contributed by atoms with Gasteiger partial charge in [0.25, 0.3) is 5.91 Å². The molecule has 0 saturated carbocycles. The molecule has 0 aromatic carbocycles. The smallest absolute Gasteiger partial charge is 0.271 e. The maximum Gasteiger partial charge on any atom is 0.271 e. The van der Waals surface area contributed by atoms with Crippen molar-refractivity contribution in [3.8, 4) is 0 Å². The predicted octanol–water partition coefficient (Wildman–Crippen LogP) is 2.92. The standard InChI is InChI=1S/C13H18Cl2N2O2/c1-2-3-9(6-7-18)8-16-13(19)12-10(14)4-5-11(15)17-12/h4-5,9,18H,2-3,6-8H2,1H3,(H,16,19). The quantitative estimate of drug-likeness (QED) is 0.761. The molecule has 0 aliphatic rings. The van der Waals surface area contributed by atoms with E-state index >= 15 is 0 Å². The lowest BCUT2D eigenvalue weighted by molar-refractivity contribution is 0.0938. The second-order valence-electron chi connectivity index (χ2n) is 4.34. The molecule has 4 nitrogen and oxygen atoms in total. The summed E-state index contributed by atoms with van der Waals surface area (Å²) in [5.74, 6) is -0.0801. The van der Waals surface area contributed by atoms with E-state index in [2.05, 4.69) is 17.2 Å². The van der Waals surface area contributed by atoms with Crippen molar-refractivity contribution in [3.05, 3.63) is 28.0 Å². The van der Waals surface area contributed by atoms with Crippen LogP contribution in [0.15, 0.2) is 12.1 Å². The Balaban J connectivity index is 2.61. The number of carbonyl (C=O) groups is 1. The van der Waals surface area contributed by atoms with Crippen molar-refractivity contribution < 1.29 is 9.90 Å². The zero-order valence-corrected chi connectivity index (χ0v) is 12.3. The molecule has 0 fully saturated rings. The van der Waals surface area contributed by atoms with Crippen LogP contribution in [0.3, 0.4) is 0 Å². The number of aromatic nitrogens is 1. The number of carbonyl (C=O) groups excluding carboxylic acids is 1. The molecule has 106 valence electrons. The van der Waals surface area contributed by atoms with Crippen molar-refractivity contribution in [2.75, 3.05) is 13.2 Å². The fourth-order valence-electron chi connectivity index (χ4n) is 1.84. The summed E-state index contributed by atoms with van der Waals surface area (Å²) in [6, 6.07) is 3.08. The van der Waals surface area contributed by atoms with Gasteiger partial charge in [-0.15, -0.1) is 0 Å².